The molecular weight excluding hydrogens is 330 g/mol. The van der Waals surface area contributed by atoms with E-state index in [4.69, 9.17) is 4.42 Å². The van der Waals surface area contributed by atoms with Crippen molar-refractivity contribution in [3.05, 3.63) is 24.2 Å². The summed E-state index contributed by atoms with van der Waals surface area (Å²) in [4.78, 5) is 17.0. The molecule has 0 spiro atoms. The van der Waals surface area contributed by atoms with Gasteiger partial charge in [0.2, 0.25) is 0 Å². The molecular formula is C20H33N3O3. The molecule has 3 rings (SSSR count). The second-order valence-electron chi connectivity index (χ2n) is 7.95. The molecule has 4 atom stereocenters. The molecule has 0 bridgehead atoms. The Bertz CT molecular complexity index is 561. The molecule has 26 heavy (non-hydrogen) atoms. The van der Waals surface area contributed by atoms with Gasteiger partial charge in [0.15, 0.2) is 0 Å². The highest BCUT2D eigenvalue weighted by molar-refractivity contribution is 5.74. The number of piperidine rings is 1. The molecule has 1 saturated carbocycles. The van der Waals surface area contributed by atoms with Crippen molar-refractivity contribution in [2.24, 2.45) is 5.92 Å². The van der Waals surface area contributed by atoms with Crippen LogP contribution in [-0.4, -0.2) is 60.3 Å². The number of hydrogen-bond donors (Lipinski definition) is 2. The number of rotatable bonds is 5. The smallest absolute Gasteiger partial charge is 0.317 e. The van der Waals surface area contributed by atoms with Crippen molar-refractivity contribution in [1.82, 2.24) is 15.1 Å². The number of amides is 2. The minimum absolute atomic E-state index is 0.00844. The quantitative estimate of drug-likeness (QED) is 0.844. The van der Waals surface area contributed by atoms with Crippen LogP contribution in [0.2, 0.25) is 0 Å². The lowest BCUT2D eigenvalue weighted by molar-refractivity contribution is 0.00820. The van der Waals surface area contributed by atoms with E-state index >= 15 is 0 Å². The fourth-order valence-electron chi connectivity index (χ4n) is 4.55. The van der Waals surface area contributed by atoms with Crippen molar-refractivity contribution in [2.75, 3.05) is 27.2 Å². The van der Waals surface area contributed by atoms with Crippen molar-refractivity contribution >= 4 is 6.03 Å². The minimum atomic E-state index is -0.264. The van der Waals surface area contributed by atoms with Crippen LogP contribution in [0.4, 0.5) is 4.79 Å². The van der Waals surface area contributed by atoms with E-state index in [-0.39, 0.29) is 30.1 Å². The Morgan fingerprint density at radius 2 is 2.08 bits per heavy atom. The summed E-state index contributed by atoms with van der Waals surface area (Å²) in [6, 6.07) is 3.99. The number of carbonyl (C=O) groups is 1. The van der Waals surface area contributed by atoms with Crippen LogP contribution in [0.5, 0.6) is 0 Å². The number of carbonyl (C=O) groups excluding carboxylic acids is 1. The van der Waals surface area contributed by atoms with E-state index in [1.165, 1.54) is 0 Å². The van der Waals surface area contributed by atoms with E-state index in [2.05, 4.69) is 10.2 Å². The van der Waals surface area contributed by atoms with Gasteiger partial charge in [-0.05, 0) is 58.3 Å². The third-order valence-electron chi connectivity index (χ3n) is 6.03. The second kappa shape index (κ2) is 8.91. The number of hydrogen-bond acceptors (Lipinski definition) is 4. The van der Waals surface area contributed by atoms with Crippen molar-refractivity contribution in [3.63, 3.8) is 0 Å². The number of nitrogens with one attached hydrogen (secondary N) is 1. The zero-order valence-electron chi connectivity index (χ0n) is 16.1. The van der Waals surface area contributed by atoms with Crippen LogP contribution in [0.1, 0.15) is 56.7 Å². The molecule has 2 heterocycles. The molecule has 6 heteroatoms. The van der Waals surface area contributed by atoms with E-state index < -0.39 is 0 Å². The summed E-state index contributed by atoms with van der Waals surface area (Å²) in [7, 11) is 3.98. The molecule has 4 unspecified atom stereocenters. The fourth-order valence-corrected chi connectivity index (χ4v) is 4.55. The Morgan fingerprint density at radius 3 is 2.77 bits per heavy atom. The molecule has 1 aliphatic heterocycles. The van der Waals surface area contributed by atoms with E-state index in [1.54, 1.807) is 6.26 Å². The summed E-state index contributed by atoms with van der Waals surface area (Å²) < 4.78 is 5.53. The van der Waals surface area contributed by atoms with Crippen LogP contribution < -0.4 is 5.32 Å². The van der Waals surface area contributed by atoms with Gasteiger partial charge in [-0.15, -0.1) is 0 Å². The van der Waals surface area contributed by atoms with Gasteiger partial charge >= 0.3 is 6.03 Å². The maximum atomic E-state index is 12.9. The van der Waals surface area contributed by atoms with Crippen molar-refractivity contribution in [1.29, 1.82) is 0 Å². The predicted molar refractivity (Wildman–Crippen MR) is 101 cm³/mol. The van der Waals surface area contributed by atoms with Crippen molar-refractivity contribution in [3.8, 4) is 0 Å². The Morgan fingerprint density at radius 1 is 1.31 bits per heavy atom. The minimum Gasteiger partial charge on any atom is -0.468 e. The van der Waals surface area contributed by atoms with E-state index in [9.17, 15) is 9.90 Å². The highest BCUT2D eigenvalue weighted by Crippen LogP contribution is 2.34. The Kier molecular flexibility index (Phi) is 6.59. The third kappa shape index (κ3) is 4.41. The number of likely N-dealkylation sites (N-methyl/N-ethyl adjacent to an activating group) is 1. The van der Waals surface area contributed by atoms with Crippen LogP contribution in [0, 0.1) is 5.92 Å². The zero-order chi connectivity index (χ0) is 18.5. The van der Waals surface area contributed by atoms with Gasteiger partial charge in [0.1, 0.15) is 5.76 Å². The van der Waals surface area contributed by atoms with Gasteiger partial charge in [-0.25, -0.2) is 4.79 Å². The molecule has 2 aliphatic rings. The van der Waals surface area contributed by atoms with Gasteiger partial charge in [-0.3, -0.25) is 4.90 Å². The first kappa shape index (κ1) is 19.2. The second-order valence-corrected chi connectivity index (χ2v) is 7.95. The molecule has 1 aromatic heterocycles. The summed E-state index contributed by atoms with van der Waals surface area (Å²) in [6.45, 7) is 1.29. The lowest BCUT2D eigenvalue weighted by Crippen LogP contribution is -2.54. The average molecular weight is 364 g/mol. The number of likely N-dealkylation sites (tertiary alicyclic amines) is 1. The molecule has 1 aromatic rings. The first-order valence-electron chi connectivity index (χ1n) is 10.0. The van der Waals surface area contributed by atoms with Crippen LogP contribution >= 0.6 is 0 Å². The molecule has 146 valence electrons. The summed E-state index contributed by atoms with van der Waals surface area (Å²) in [5.74, 6) is 1.08. The first-order chi connectivity index (χ1) is 12.6. The molecule has 6 nitrogen and oxygen atoms in total. The van der Waals surface area contributed by atoms with Gasteiger partial charge in [0.05, 0.1) is 18.4 Å². The molecule has 0 aromatic carbocycles. The van der Waals surface area contributed by atoms with Crippen LogP contribution in [0.15, 0.2) is 22.8 Å². The normalized spacial score (nSPS) is 28.2. The topological polar surface area (TPSA) is 69.0 Å². The Labute approximate surface area is 156 Å². The summed E-state index contributed by atoms with van der Waals surface area (Å²) >= 11 is 0. The number of aliphatic hydroxyl groups excluding tert-OH is 1. The number of nitrogens with zero attached hydrogens (tertiary/aromatic N) is 2. The van der Waals surface area contributed by atoms with Crippen LogP contribution in [0.3, 0.4) is 0 Å². The van der Waals surface area contributed by atoms with Gasteiger partial charge in [-0.2, -0.15) is 0 Å². The van der Waals surface area contributed by atoms with Gasteiger partial charge < -0.3 is 19.7 Å². The van der Waals surface area contributed by atoms with Gasteiger partial charge in [-0.1, -0.05) is 12.8 Å². The molecule has 0 radical (unpaired) electrons. The Balaban J connectivity index is 1.63. The number of furan rings is 1. The standard InChI is InChI=1S/C20H33N3O3/c1-22(2)17(19-11-7-13-26-19)14-21-20(25)23-12-6-5-9-16(23)15-8-3-4-10-18(15)24/h7,11,13,15-18,24H,3-6,8-10,12,14H2,1-2H3,(H,21,25). The van der Waals surface area contributed by atoms with E-state index in [0.29, 0.717) is 6.54 Å². The average Bonchev–Trinajstić information content (AvgIpc) is 3.16. The van der Waals surface area contributed by atoms with Crippen LogP contribution in [-0.2, 0) is 0 Å². The lowest BCUT2D eigenvalue weighted by atomic mass is 9.78. The first-order valence-corrected chi connectivity index (χ1v) is 10.0. The lowest BCUT2D eigenvalue weighted by Gasteiger charge is -2.43. The largest absolute Gasteiger partial charge is 0.468 e. The van der Waals surface area contributed by atoms with Crippen molar-refractivity contribution in [2.45, 2.75) is 63.1 Å². The SMILES string of the molecule is CN(C)C(CNC(=O)N1CCCCC1C1CCCCC1O)c1ccco1. The van der Waals surface area contributed by atoms with E-state index in [0.717, 1.165) is 57.3 Å². The van der Waals surface area contributed by atoms with Gasteiger partial charge in [0.25, 0.3) is 0 Å². The molecule has 1 saturated heterocycles. The summed E-state index contributed by atoms with van der Waals surface area (Å²) in [5, 5.41) is 13.6. The molecule has 1 aliphatic carbocycles. The number of urea groups is 1. The molecule has 2 fully saturated rings. The van der Waals surface area contributed by atoms with Gasteiger partial charge in [0, 0.05) is 25.0 Å². The Hall–Kier alpha value is -1.53. The van der Waals surface area contributed by atoms with Crippen LogP contribution in [0.25, 0.3) is 0 Å². The summed E-state index contributed by atoms with van der Waals surface area (Å²) in [6.07, 6.45) is 8.76. The molecule has 2 N–H and O–H groups in total. The summed E-state index contributed by atoms with van der Waals surface area (Å²) in [5.41, 5.74) is 0. The monoisotopic (exact) mass is 363 g/mol. The van der Waals surface area contributed by atoms with Crippen molar-refractivity contribution < 1.29 is 14.3 Å². The predicted octanol–water partition coefficient (Wildman–Crippen LogP) is 3.00. The third-order valence-corrected chi connectivity index (χ3v) is 6.03. The van der Waals surface area contributed by atoms with E-state index in [1.807, 2.05) is 31.1 Å². The molecule has 2 amide bonds. The number of aliphatic hydroxyl groups is 1. The maximum absolute atomic E-state index is 12.9. The highest BCUT2D eigenvalue weighted by atomic mass is 16.3. The highest BCUT2D eigenvalue weighted by Gasteiger charge is 2.37. The maximum Gasteiger partial charge on any atom is 0.317 e. The fraction of sp³-hybridized carbons (Fsp3) is 0.750. The zero-order valence-corrected chi connectivity index (χ0v) is 16.1.